The Kier molecular flexibility index (Phi) is 7.83. The Morgan fingerprint density at radius 3 is 2.68 bits per heavy atom. The lowest BCUT2D eigenvalue weighted by Crippen LogP contribution is -2.30. The van der Waals surface area contributed by atoms with E-state index >= 15 is 0 Å². The molecule has 1 aliphatic heterocycles. The molecule has 0 aromatic carbocycles. The molecule has 1 atom stereocenters. The molecule has 0 bridgehead atoms. The van der Waals surface area contributed by atoms with Gasteiger partial charge < -0.3 is 9.84 Å². The molecule has 0 radical (unpaired) electrons. The summed E-state index contributed by atoms with van der Waals surface area (Å²) < 4.78 is 6.05. The van der Waals surface area contributed by atoms with Gasteiger partial charge in [-0.3, -0.25) is 23.9 Å². The molecule has 0 aliphatic carbocycles. The minimum atomic E-state index is -0.490. The molecule has 2 heterocycles. The number of rotatable bonds is 11. The highest BCUT2D eigenvalue weighted by Gasteiger charge is 2.37. The zero-order valence-corrected chi connectivity index (χ0v) is 15.9. The summed E-state index contributed by atoms with van der Waals surface area (Å²) in [6, 6.07) is 0. The van der Waals surface area contributed by atoms with Gasteiger partial charge in [-0.2, -0.15) is 0 Å². The van der Waals surface area contributed by atoms with Gasteiger partial charge in [-0.25, -0.2) is 0 Å². The van der Waals surface area contributed by atoms with Crippen LogP contribution in [-0.2, 0) is 20.9 Å². The number of carbonyl (C=O) groups is 2. The van der Waals surface area contributed by atoms with Gasteiger partial charge in [-0.1, -0.05) is 50.4 Å². The van der Waals surface area contributed by atoms with Crippen molar-refractivity contribution in [3.05, 3.63) is 14.5 Å². The van der Waals surface area contributed by atoms with Crippen molar-refractivity contribution in [2.45, 2.75) is 57.4 Å². The van der Waals surface area contributed by atoms with Gasteiger partial charge in [0.25, 0.3) is 6.47 Å². The average molecular weight is 389 g/mol. The van der Waals surface area contributed by atoms with Crippen LogP contribution in [0.3, 0.4) is 0 Å². The minimum absolute atomic E-state index is 0.0770. The van der Waals surface area contributed by atoms with Crippen LogP contribution in [0.15, 0.2) is 4.79 Å². The SMILES string of the molecule is CCCCCCCCn1c(O)c(C2SCC(=O)N2COC=O)sc1=O. The highest BCUT2D eigenvalue weighted by atomic mass is 32.2. The van der Waals surface area contributed by atoms with E-state index in [1.165, 1.54) is 40.5 Å². The molecule has 1 aromatic rings. The molecule has 1 fully saturated rings. The number of hydrogen-bond donors (Lipinski definition) is 1. The lowest BCUT2D eigenvalue weighted by Gasteiger charge is -2.21. The van der Waals surface area contributed by atoms with Gasteiger partial charge in [0.2, 0.25) is 11.8 Å². The van der Waals surface area contributed by atoms with E-state index in [1.807, 2.05) is 0 Å². The Balaban J connectivity index is 2.01. The zero-order chi connectivity index (χ0) is 18.2. The predicted octanol–water partition coefficient (Wildman–Crippen LogP) is 2.68. The third kappa shape index (κ3) is 5.01. The maximum absolute atomic E-state index is 12.2. The molecule has 1 aromatic heterocycles. The molecule has 1 N–H and O–H groups in total. The van der Waals surface area contributed by atoms with Crippen molar-refractivity contribution in [1.29, 1.82) is 0 Å². The van der Waals surface area contributed by atoms with Crippen molar-refractivity contribution >= 4 is 35.5 Å². The predicted molar refractivity (Wildman–Crippen MR) is 97.7 cm³/mol. The summed E-state index contributed by atoms with van der Waals surface area (Å²) in [7, 11) is 0. The van der Waals surface area contributed by atoms with Crippen molar-refractivity contribution in [2.75, 3.05) is 12.5 Å². The smallest absolute Gasteiger partial charge is 0.310 e. The molecule has 9 heteroatoms. The van der Waals surface area contributed by atoms with Crippen LogP contribution >= 0.6 is 23.1 Å². The van der Waals surface area contributed by atoms with Crippen LogP contribution in [-0.4, -0.2) is 39.4 Å². The second kappa shape index (κ2) is 9.86. The van der Waals surface area contributed by atoms with Gasteiger partial charge in [0.15, 0.2) is 6.73 Å². The van der Waals surface area contributed by atoms with Crippen molar-refractivity contribution in [3.8, 4) is 5.88 Å². The van der Waals surface area contributed by atoms with Crippen LogP contribution in [0.2, 0.25) is 0 Å². The van der Waals surface area contributed by atoms with Crippen LogP contribution in [0.1, 0.15) is 55.7 Å². The molecule has 1 unspecified atom stereocenters. The summed E-state index contributed by atoms with van der Waals surface area (Å²) in [4.78, 5) is 36.1. The Bertz CT molecular complexity index is 643. The third-order valence-corrected chi connectivity index (χ3v) is 6.49. The van der Waals surface area contributed by atoms with Crippen molar-refractivity contribution < 1.29 is 19.4 Å². The first-order valence-corrected chi connectivity index (χ1v) is 10.4. The third-order valence-electron chi connectivity index (χ3n) is 4.10. The molecule has 1 aliphatic rings. The average Bonchev–Trinajstić information content (AvgIpc) is 3.09. The van der Waals surface area contributed by atoms with Crippen molar-refractivity contribution in [1.82, 2.24) is 9.47 Å². The van der Waals surface area contributed by atoms with E-state index in [-0.39, 0.29) is 35.6 Å². The Hall–Kier alpha value is -1.48. The summed E-state index contributed by atoms with van der Waals surface area (Å²) in [5.74, 6) is -0.0259. The molecular weight excluding hydrogens is 364 g/mol. The number of carbonyl (C=O) groups excluding carboxylic acids is 2. The quantitative estimate of drug-likeness (QED) is 0.463. The minimum Gasteiger partial charge on any atom is -0.494 e. The summed E-state index contributed by atoms with van der Waals surface area (Å²) in [6.45, 7) is 2.74. The Morgan fingerprint density at radius 1 is 1.24 bits per heavy atom. The number of hydrogen-bond acceptors (Lipinski definition) is 7. The Morgan fingerprint density at radius 2 is 1.96 bits per heavy atom. The number of aromatic hydroxyl groups is 1. The molecule has 25 heavy (non-hydrogen) atoms. The maximum Gasteiger partial charge on any atom is 0.310 e. The topological polar surface area (TPSA) is 88.8 Å². The van der Waals surface area contributed by atoms with E-state index in [0.717, 1.165) is 30.6 Å². The number of amides is 1. The van der Waals surface area contributed by atoms with Gasteiger partial charge >= 0.3 is 4.87 Å². The van der Waals surface area contributed by atoms with Gasteiger partial charge in [0, 0.05) is 6.54 Å². The number of thiazole rings is 1. The van der Waals surface area contributed by atoms with Crippen LogP contribution in [0.4, 0.5) is 0 Å². The van der Waals surface area contributed by atoms with E-state index in [1.54, 1.807) is 0 Å². The fourth-order valence-electron chi connectivity index (χ4n) is 2.74. The molecule has 1 saturated heterocycles. The van der Waals surface area contributed by atoms with Gasteiger partial charge in [0.05, 0.1) is 5.75 Å². The highest BCUT2D eigenvalue weighted by molar-refractivity contribution is 8.00. The summed E-state index contributed by atoms with van der Waals surface area (Å²) in [5, 5.41) is 9.96. The fourth-order valence-corrected chi connectivity index (χ4v) is 5.08. The zero-order valence-electron chi connectivity index (χ0n) is 14.3. The molecule has 140 valence electrons. The number of unbranched alkanes of at least 4 members (excludes halogenated alkanes) is 5. The van der Waals surface area contributed by atoms with E-state index in [4.69, 9.17) is 0 Å². The number of aromatic nitrogens is 1. The normalized spacial score (nSPS) is 17.2. The second-order valence-corrected chi connectivity index (χ2v) is 7.96. The Labute approximate surface area is 155 Å². The van der Waals surface area contributed by atoms with E-state index in [2.05, 4.69) is 11.7 Å². The fraction of sp³-hybridized carbons (Fsp3) is 0.688. The van der Waals surface area contributed by atoms with Crippen LogP contribution in [0.5, 0.6) is 5.88 Å². The molecule has 1 amide bonds. The van der Waals surface area contributed by atoms with Crippen LogP contribution in [0.25, 0.3) is 0 Å². The van der Waals surface area contributed by atoms with Crippen molar-refractivity contribution in [3.63, 3.8) is 0 Å². The summed E-state index contributed by atoms with van der Waals surface area (Å²) in [5.41, 5.74) is 0. The molecular formula is C16H24N2O5S2. The lowest BCUT2D eigenvalue weighted by atomic mass is 10.1. The molecule has 2 rings (SSSR count). The molecule has 7 nitrogen and oxygen atoms in total. The monoisotopic (exact) mass is 388 g/mol. The first-order valence-electron chi connectivity index (χ1n) is 8.49. The van der Waals surface area contributed by atoms with Crippen LogP contribution < -0.4 is 4.87 Å². The van der Waals surface area contributed by atoms with Crippen LogP contribution in [0, 0.1) is 0 Å². The first-order chi connectivity index (χ1) is 12.1. The summed E-state index contributed by atoms with van der Waals surface area (Å²) >= 11 is 2.26. The second-order valence-electron chi connectivity index (χ2n) is 5.89. The summed E-state index contributed by atoms with van der Waals surface area (Å²) in [6.07, 6.45) is 6.59. The van der Waals surface area contributed by atoms with Gasteiger partial charge in [-0.05, 0) is 6.42 Å². The number of nitrogens with zero attached hydrogens (tertiary/aromatic N) is 2. The number of thioether (sulfide) groups is 1. The first kappa shape index (κ1) is 19.8. The standard InChI is InChI=1S/C16H24N2O5S2/c1-2-3-4-5-6-7-8-17-14(21)13(25-16(17)22)15-18(10-23-11-19)12(20)9-24-15/h11,15,21H,2-10H2,1H3. The largest absolute Gasteiger partial charge is 0.494 e. The highest BCUT2D eigenvalue weighted by Crippen LogP contribution is 2.43. The lowest BCUT2D eigenvalue weighted by molar-refractivity contribution is -0.141. The molecule has 0 saturated carbocycles. The van der Waals surface area contributed by atoms with E-state index in [9.17, 15) is 19.5 Å². The van der Waals surface area contributed by atoms with Gasteiger partial charge in [0.1, 0.15) is 10.3 Å². The van der Waals surface area contributed by atoms with Gasteiger partial charge in [-0.15, -0.1) is 11.8 Å². The molecule has 0 spiro atoms. The van der Waals surface area contributed by atoms with Crippen molar-refractivity contribution in [2.24, 2.45) is 0 Å². The number of ether oxygens (including phenoxy) is 1. The van der Waals surface area contributed by atoms with E-state index in [0.29, 0.717) is 11.4 Å². The van der Waals surface area contributed by atoms with E-state index < -0.39 is 5.37 Å². The maximum atomic E-state index is 12.2.